The minimum Gasteiger partial charge on any atom is -0.508 e. The van der Waals surface area contributed by atoms with Crippen LogP contribution in [0.4, 0.5) is 0 Å². The summed E-state index contributed by atoms with van der Waals surface area (Å²) in [7, 11) is 3.27. The smallest absolute Gasteiger partial charge is 0.132 e. The summed E-state index contributed by atoms with van der Waals surface area (Å²) in [5.74, 6) is 2.46. The van der Waals surface area contributed by atoms with E-state index in [1.54, 1.807) is 26.4 Å². The lowest BCUT2D eigenvalue weighted by atomic mass is 9.86. The average molecular weight is 439 g/mol. The Morgan fingerprint density at radius 3 is 2.09 bits per heavy atom. The summed E-state index contributed by atoms with van der Waals surface area (Å²) in [6, 6.07) is 5.34. The molecule has 0 bridgehead atoms. The first-order valence-corrected chi connectivity index (χ1v) is 11.0. The summed E-state index contributed by atoms with van der Waals surface area (Å²) >= 11 is 0. The third-order valence-corrected chi connectivity index (χ3v) is 5.86. The van der Waals surface area contributed by atoms with E-state index in [1.165, 1.54) is 11.1 Å². The molecule has 172 valence electrons. The Morgan fingerprint density at radius 2 is 1.53 bits per heavy atom. The number of allylic oxidation sites excluding steroid dienone is 4. The quantitative estimate of drug-likeness (QED) is 0.531. The second-order valence-electron chi connectivity index (χ2n) is 8.75. The lowest BCUT2D eigenvalue weighted by Crippen LogP contribution is -2.21. The Labute approximate surface area is 191 Å². The van der Waals surface area contributed by atoms with Gasteiger partial charge >= 0.3 is 0 Å². The van der Waals surface area contributed by atoms with Crippen LogP contribution in [0.3, 0.4) is 0 Å². The van der Waals surface area contributed by atoms with Crippen molar-refractivity contribution in [3.63, 3.8) is 0 Å². The zero-order chi connectivity index (χ0) is 23.4. The van der Waals surface area contributed by atoms with Crippen molar-refractivity contribution < 1.29 is 24.4 Å². The number of benzene rings is 2. The molecule has 0 amide bonds. The Kier molecular flexibility index (Phi) is 7.39. The van der Waals surface area contributed by atoms with E-state index in [0.29, 0.717) is 43.1 Å². The molecule has 5 nitrogen and oxygen atoms in total. The minimum absolute atomic E-state index is 0.0262. The third kappa shape index (κ3) is 4.87. The molecule has 0 aromatic heterocycles. The maximum absolute atomic E-state index is 10.6. The molecule has 5 heteroatoms. The number of methoxy groups -OCH3 is 2. The van der Waals surface area contributed by atoms with E-state index in [4.69, 9.17) is 14.2 Å². The van der Waals surface area contributed by atoms with Gasteiger partial charge in [0.2, 0.25) is 0 Å². The van der Waals surface area contributed by atoms with Crippen LogP contribution in [0.5, 0.6) is 28.7 Å². The van der Waals surface area contributed by atoms with E-state index in [1.807, 2.05) is 33.8 Å². The van der Waals surface area contributed by atoms with Crippen molar-refractivity contribution in [1.29, 1.82) is 0 Å². The van der Waals surface area contributed by atoms with Gasteiger partial charge in [-0.25, -0.2) is 0 Å². The van der Waals surface area contributed by atoms with Gasteiger partial charge in [-0.1, -0.05) is 29.4 Å². The Hall–Kier alpha value is -3.08. The summed E-state index contributed by atoms with van der Waals surface area (Å²) in [5.41, 5.74) is 5.84. The van der Waals surface area contributed by atoms with E-state index in [9.17, 15) is 10.2 Å². The van der Waals surface area contributed by atoms with Crippen LogP contribution in [0.2, 0.25) is 0 Å². The van der Waals surface area contributed by atoms with Crippen LogP contribution in [0.15, 0.2) is 41.5 Å². The van der Waals surface area contributed by atoms with Gasteiger partial charge in [0.25, 0.3) is 0 Å². The first kappa shape index (κ1) is 23.6. The van der Waals surface area contributed by atoms with Gasteiger partial charge in [0, 0.05) is 34.2 Å². The molecule has 2 N–H and O–H groups in total. The van der Waals surface area contributed by atoms with Crippen molar-refractivity contribution in [2.75, 3.05) is 20.8 Å². The SMILES string of the molecule is COc1c(C2COc3cc(O)c(CC=C(C)C)c(OC)c3C2)ccc(O)c1CC=C(C)C. The average Bonchev–Trinajstić information content (AvgIpc) is 2.75. The molecule has 2 aromatic carbocycles. The van der Waals surface area contributed by atoms with Crippen molar-refractivity contribution in [3.8, 4) is 28.7 Å². The first-order chi connectivity index (χ1) is 15.3. The molecule has 0 saturated heterocycles. The van der Waals surface area contributed by atoms with E-state index in [0.717, 1.165) is 22.3 Å². The van der Waals surface area contributed by atoms with Crippen LogP contribution >= 0.6 is 0 Å². The monoisotopic (exact) mass is 438 g/mol. The molecule has 0 radical (unpaired) electrons. The molecular weight excluding hydrogens is 404 g/mol. The second-order valence-corrected chi connectivity index (χ2v) is 8.75. The fraction of sp³-hybridized carbons (Fsp3) is 0.407. The van der Waals surface area contributed by atoms with Crippen molar-refractivity contribution in [2.24, 2.45) is 0 Å². The zero-order valence-electron chi connectivity index (χ0n) is 19.9. The van der Waals surface area contributed by atoms with Gasteiger partial charge in [0.15, 0.2) is 0 Å². The predicted molar refractivity (Wildman–Crippen MR) is 128 cm³/mol. The molecular formula is C27H34O5. The molecule has 1 unspecified atom stereocenters. The number of ether oxygens (including phenoxy) is 3. The largest absolute Gasteiger partial charge is 0.508 e. The van der Waals surface area contributed by atoms with Gasteiger partial charge in [-0.2, -0.15) is 0 Å². The highest BCUT2D eigenvalue weighted by Crippen LogP contribution is 2.46. The number of rotatable bonds is 7. The molecule has 0 aliphatic carbocycles. The van der Waals surface area contributed by atoms with E-state index in [-0.39, 0.29) is 17.4 Å². The molecule has 32 heavy (non-hydrogen) atoms. The normalized spacial score (nSPS) is 14.8. The van der Waals surface area contributed by atoms with Crippen molar-refractivity contribution in [2.45, 2.75) is 52.9 Å². The van der Waals surface area contributed by atoms with Gasteiger partial charge in [-0.3, -0.25) is 0 Å². The highest BCUT2D eigenvalue weighted by atomic mass is 16.5. The summed E-state index contributed by atoms with van der Waals surface area (Å²) in [5, 5.41) is 21.1. The number of hydrogen-bond donors (Lipinski definition) is 2. The number of phenolic OH excluding ortho intramolecular Hbond substituents is 2. The summed E-state index contributed by atoms with van der Waals surface area (Å²) in [6.45, 7) is 8.59. The van der Waals surface area contributed by atoms with Crippen LogP contribution < -0.4 is 14.2 Å². The van der Waals surface area contributed by atoms with Crippen LogP contribution in [-0.2, 0) is 19.3 Å². The molecule has 0 fully saturated rings. The number of aromatic hydroxyl groups is 2. The second kappa shape index (κ2) is 10.0. The molecule has 1 aliphatic rings. The van der Waals surface area contributed by atoms with Crippen molar-refractivity contribution in [1.82, 2.24) is 0 Å². The Balaban J connectivity index is 2.04. The third-order valence-electron chi connectivity index (χ3n) is 5.86. The number of fused-ring (bicyclic) bond motifs is 1. The van der Waals surface area contributed by atoms with E-state index in [2.05, 4.69) is 12.2 Å². The standard InChI is InChI=1S/C27H34O5/c1-16(2)7-9-20-23(28)12-11-19(26(20)30-5)18-13-22-25(32-15-18)14-24(29)21(27(22)31-6)10-8-17(3)4/h7-8,11-12,14,18,28-29H,9-10,13,15H2,1-6H3. The van der Waals surface area contributed by atoms with Crippen LogP contribution in [0, 0.1) is 0 Å². The minimum atomic E-state index is 0.0262. The van der Waals surface area contributed by atoms with Gasteiger partial charge < -0.3 is 24.4 Å². The van der Waals surface area contributed by atoms with Crippen LogP contribution in [-0.4, -0.2) is 31.0 Å². The number of hydrogen-bond acceptors (Lipinski definition) is 5. The van der Waals surface area contributed by atoms with E-state index >= 15 is 0 Å². The maximum Gasteiger partial charge on any atom is 0.132 e. The summed E-state index contributed by atoms with van der Waals surface area (Å²) in [4.78, 5) is 0. The predicted octanol–water partition coefficient (Wildman–Crippen LogP) is 5.85. The molecule has 1 heterocycles. The first-order valence-electron chi connectivity index (χ1n) is 11.0. The molecule has 2 aromatic rings. The Bertz CT molecular complexity index is 1040. The molecule has 1 aliphatic heterocycles. The molecule has 0 saturated carbocycles. The van der Waals surface area contributed by atoms with E-state index < -0.39 is 0 Å². The summed E-state index contributed by atoms with van der Waals surface area (Å²) in [6.07, 6.45) is 6.02. The topological polar surface area (TPSA) is 68.2 Å². The van der Waals surface area contributed by atoms with Gasteiger partial charge in [0.1, 0.15) is 28.7 Å². The van der Waals surface area contributed by atoms with Crippen LogP contribution in [0.1, 0.15) is 55.9 Å². The Morgan fingerprint density at radius 1 is 0.938 bits per heavy atom. The van der Waals surface area contributed by atoms with Gasteiger partial charge in [0.05, 0.1) is 20.8 Å². The molecule has 3 rings (SSSR count). The number of phenols is 2. The van der Waals surface area contributed by atoms with Crippen molar-refractivity contribution in [3.05, 3.63) is 63.8 Å². The lowest BCUT2D eigenvalue weighted by Gasteiger charge is -2.30. The molecule has 1 atom stereocenters. The fourth-order valence-electron chi connectivity index (χ4n) is 4.18. The zero-order valence-corrected chi connectivity index (χ0v) is 19.9. The highest BCUT2D eigenvalue weighted by Gasteiger charge is 2.30. The molecule has 0 spiro atoms. The van der Waals surface area contributed by atoms with Crippen LogP contribution in [0.25, 0.3) is 0 Å². The lowest BCUT2D eigenvalue weighted by molar-refractivity contribution is 0.251. The highest BCUT2D eigenvalue weighted by molar-refractivity contribution is 5.60. The fourth-order valence-corrected chi connectivity index (χ4v) is 4.18. The van der Waals surface area contributed by atoms with Gasteiger partial charge in [-0.15, -0.1) is 0 Å². The van der Waals surface area contributed by atoms with Crippen molar-refractivity contribution >= 4 is 0 Å². The maximum atomic E-state index is 10.6. The summed E-state index contributed by atoms with van der Waals surface area (Å²) < 4.78 is 17.6. The van der Waals surface area contributed by atoms with Gasteiger partial charge in [-0.05, 0) is 53.0 Å².